The molecule has 0 bridgehead atoms. The fraction of sp³-hybridized carbons (Fsp3) is 0.300. The molecule has 1 unspecified atom stereocenters. The van der Waals surface area contributed by atoms with Gasteiger partial charge in [0, 0.05) is 22.5 Å². The lowest BCUT2D eigenvalue weighted by molar-refractivity contribution is 0.0967. The SMILES string of the molecule is Cl.NC1CCC(=O)c2ccc(Br)cc21. The monoisotopic (exact) mass is 275 g/mol. The smallest absolute Gasteiger partial charge is 0.163 e. The third-order valence-corrected chi connectivity index (χ3v) is 2.89. The number of hydrogen-bond acceptors (Lipinski definition) is 2. The van der Waals surface area contributed by atoms with Gasteiger partial charge in [0.1, 0.15) is 0 Å². The first-order chi connectivity index (χ1) is 6.18. The number of Topliss-reactive ketones (excluding diaryl/α,β-unsaturated/α-hetero) is 1. The van der Waals surface area contributed by atoms with Crippen molar-refractivity contribution in [3.05, 3.63) is 33.8 Å². The summed E-state index contributed by atoms with van der Waals surface area (Å²) in [6, 6.07) is 5.69. The van der Waals surface area contributed by atoms with Crippen LogP contribution in [0.3, 0.4) is 0 Å². The highest BCUT2D eigenvalue weighted by Crippen LogP contribution is 2.29. The Morgan fingerprint density at radius 2 is 2.14 bits per heavy atom. The second-order valence-corrected chi connectivity index (χ2v) is 4.22. The molecule has 0 radical (unpaired) electrons. The molecule has 2 nitrogen and oxygen atoms in total. The van der Waals surface area contributed by atoms with Gasteiger partial charge in [-0.1, -0.05) is 15.9 Å². The molecule has 1 aliphatic carbocycles. The van der Waals surface area contributed by atoms with E-state index < -0.39 is 0 Å². The van der Waals surface area contributed by atoms with E-state index in [1.807, 2.05) is 18.2 Å². The minimum Gasteiger partial charge on any atom is -0.324 e. The van der Waals surface area contributed by atoms with E-state index in [1.54, 1.807) is 0 Å². The van der Waals surface area contributed by atoms with Crippen molar-refractivity contribution in [3.63, 3.8) is 0 Å². The molecule has 0 saturated carbocycles. The van der Waals surface area contributed by atoms with E-state index in [4.69, 9.17) is 5.73 Å². The van der Waals surface area contributed by atoms with Crippen molar-refractivity contribution >= 4 is 34.1 Å². The number of ketones is 1. The van der Waals surface area contributed by atoms with Gasteiger partial charge in [-0.15, -0.1) is 12.4 Å². The molecule has 1 aromatic carbocycles. The first-order valence-electron chi connectivity index (χ1n) is 4.26. The molecule has 1 atom stereocenters. The first-order valence-corrected chi connectivity index (χ1v) is 5.06. The Morgan fingerprint density at radius 3 is 2.86 bits per heavy atom. The molecular weight excluding hydrogens is 265 g/mol. The molecule has 1 aliphatic rings. The van der Waals surface area contributed by atoms with Crippen LogP contribution in [0.5, 0.6) is 0 Å². The number of rotatable bonds is 0. The fourth-order valence-electron chi connectivity index (χ4n) is 1.67. The summed E-state index contributed by atoms with van der Waals surface area (Å²) in [7, 11) is 0. The van der Waals surface area contributed by atoms with Gasteiger partial charge in [0.05, 0.1) is 0 Å². The lowest BCUT2D eigenvalue weighted by Gasteiger charge is -2.21. The predicted octanol–water partition coefficient (Wildman–Crippen LogP) is 2.85. The van der Waals surface area contributed by atoms with Crippen LogP contribution in [-0.4, -0.2) is 5.78 Å². The van der Waals surface area contributed by atoms with E-state index in [-0.39, 0.29) is 24.2 Å². The average molecular weight is 277 g/mol. The van der Waals surface area contributed by atoms with Crippen molar-refractivity contribution in [2.45, 2.75) is 18.9 Å². The standard InChI is InChI=1S/C10H10BrNO.ClH/c11-6-1-2-7-8(5-6)9(12)3-4-10(7)13;/h1-2,5,9H,3-4,12H2;1H. The molecule has 0 fully saturated rings. The van der Waals surface area contributed by atoms with Gasteiger partial charge in [0.2, 0.25) is 0 Å². The van der Waals surface area contributed by atoms with Gasteiger partial charge in [-0.25, -0.2) is 0 Å². The van der Waals surface area contributed by atoms with Crippen LogP contribution in [0.25, 0.3) is 0 Å². The number of carbonyl (C=O) groups excluding carboxylic acids is 1. The Labute approximate surface area is 97.4 Å². The topological polar surface area (TPSA) is 43.1 Å². The number of benzene rings is 1. The zero-order valence-corrected chi connectivity index (χ0v) is 9.90. The Bertz CT molecular complexity index is 367. The maximum Gasteiger partial charge on any atom is 0.163 e. The number of nitrogens with two attached hydrogens (primary N) is 1. The van der Waals surface area contributed by atoms with Crippen molar-refractivity contribution in [3.8, 4) is 0 Å². The maximum absolute atomic E-state index is 11.5. The molecule has 1 aromatic rings. The molecule has 0 saturated heterocycles. The van der Waals surface area contributed by atoms with Crippen LogP contribution in [0, 0.1) is 0 Å². The van der Waals surface area contributed by atoms with Crippen molar-refractivity contribution in [1.29, 1.82) is 0 Å². The third kappa shape index (κ3) is 2.00. The maximum atomic E-state index is 11.5. The van der Waals surface area contributed by atoms with Crippen LogP contribution in [0.2, 0.25) is 0 Å². The molecule has 0 amide bonds. The highest BCUT2D eigenvalue weighted by molar-refractivity contribution is 9.10. The summed E-state index contributed by atoms with van der Waals surface area (Å²) < 4.78 is 0.983. The van der Waals surface area contributed by atoms with Crippen LogP contribution in [0.1, 0.15) is 34.8 Å². The summed E-state index contributed by atoms with van der Waals surface area (Å²) >= 11 is 3.37. The fourth-order valence-corrected chi connectivity index (χ4v) is 2.05. The summed E-state index contributed by atoms with van der Waals surface area (Å²) in [4.78, 5) is 11.5. The zero-order valence-electron chi connectivity index (χ0n) is 7.50. The van der Waals surface area contributed by atoms with E-state index in [2.05, 4.69) is 15.9 Å². The first kappa shape index (κ1) is 11.7. The molecular formula is C10H11BrClNO. The lowest BCUT2D eigenvalue weighted by Crippen LogP contribution is -2.21. The quantitative estimate of drug-likeness (QED) is 0.792. The molecule has 2 N–H and O–H groups in total. The molecule has 0 spiro atoms. The Balaban J connectivity index is 0.000000980. The molecule has 76 valence electrons. The van der Waals surface area contributed by atoms with Gasteiger partial charge in [0.15, 0.2) is 5.78 Å². The normalized spacial score (nSPS) is 19.9. The van der Waals surface area contributed by atoms with Crippen LogP contribution in [0.4, 0.5) is 0 Å². The van der Waals surface area contributed by atoms with E-state index in [0.717, 1.165) is 22.0 Å². The molecule has 4 heteroatoms. The zero-order chi connectivity index (χ0) is 9.42. The summed E-state index contributed by atoms with van der Waals surface area (Å²) in [5.41, 5.74) is 7.68. The Kier molecular flexibility index (Phi) is 3.70. The minimum absolute atomic E-state index is 0. The number of carbonyl (C=O) groups is 1. The Hall–Kier alpha value is -0.380. The number of halogens is 2. The number of hydrogen-bond donors (Lipinski definition) is 1. The van der Waals surface area contributed by atoms with E-state index in [1.165, 1.54) is 0 Å². The summed E-state index contributed by atoms with van der Waals surface area (Å²) in [5, 5.41) is 0. The van der Waals surface area contributed by atoms with Crippen LogP contribution >= 0.6 is 28.3 Å². The van der Waals surface area contributed by atoms with Gasteiger partial charge in [-0.2, -0.15) is 0 Å². The lowest BCUT2D eigenvalue weighted by atomic mass is 9.87. The average Bonchev–Trinajstić information content (AvgIpc) is 2.12. The van der Waals surface area contributed by atoms with Gasteiger partial charge in [-0.3, -0.25) is 4.79 Å². The molecule has 0 aromatic heterocycles. The summed E-state index contributed by atoms with van der Waals surface area (Å²) in [6.45, 7) is 0. The second-order valence-electron chi connectivity index (χ2n) is 3.30. The van der Waals surface area contributed by atoms with Gasteiger partial charge >= 0.3 is 0 Å². The highest BCUT2D eigenvalue weighted by atomic mass is 79.9. The molecule has 14 heavy (non-hydrogen) atoms. The third-order valence-electron chi connectivity index (χ3n) is 2.40. The van der Waals surface area contributed by atoms with Crippen LogP contribution in [0.15, 0.2) is 22.7 Å². The van der Waals surface area contributed by atoms with Gasteiger partial charge < -0.3 is 5.73 Å². The number of fused-ring (bicyclic) bond motifs is 1. The van der Waals surface area contributed by atoms with Crippen LogP contribution < -0.4 is 5.73 Å². The Morgan fingerprint density at radius 1 is 1.43 bits per heavy atom. The van der Waals surface area contributed by atoms with Gasteiger partial charge in [0.25, 0.3) is 0 Å². The van der Waals surface area contributed by atoms with Crippen molar-refractivity contribution in [2.75, 3.05) is 0 Å². The summed E-state index contributed by atoms with van der Waals surface area (Å²) in [5.74, 6) is 0.212. The van der Waals surface area contributed by atoms with E-state index in [0.29, 0.717) is 6.42 Å². The molecule has 2 rings (SSSR count). The highest BCUT2D eigenvalue weighted by Gasteiger charge is 2.22. The van der Waals surface area contributed by atoms with Crippen LogP contribution in [-0.2, 0) is 0 Å². The predicted molar refractivity (Wildman–Crippen MR) is 61.9 cm³/mol. The van der Waals surface area contributed by atoms with E-state index >= 15 is 0 Å². The van der Waals surface area contributed by atoms with Crippen molar-refractivity contribution in [2.24, 2.45) is 5.73 Å². The second kappa shape index (κ2) is 4.43. The largest absolute Gasteiger partial charge is 0.324 e. The molecule has 0 aliphatic heterocycles. The van der Waals surface area contributed by atoms with E-state index in [9.17, 15) is 4.79 Å². The minimum atomic E-state index is 0. The van der Waals surface area contributed by atoms with Crippen molar-refractivity contribution in [1.82, 2.24) is 0 Å². The van der Waals surface area contributed by atoms with Crippen molar-refractivity contribution < 1.29 is 4.79 Å². The van der Waals surface area contributed by atoms with Gasteiger partial charge in [-0.05, 0) is 30.2 Å². The molecule has 0 heterocycles. The summed E-state index contributed by atoms with van der Waals surface area (Å²) in [6.07, 6.45) is 1.35.